The van der Waals surface area contributed by atoms with E-state index in [1.807, 2.05) is 26.0 Å². The van der Waals surface area contributed by atoms with Crippen LogP contribution in [0.1, 0.15) is 32.8 Å². The number of carbonyl (C=O) groups excluding carboxylic acids is 2. The Hall–Kier alpha value is -2.17. The summed E-state index contributed by atoms with van der Waals surface area (Å²) in [6.07, 6.45) is 1.65. The largest absolute Gasteiger partial charge is 0.352 e. The van der Waals surface area contributed by atoms with Gasteiger partial charge in [0.15, 0.2) is 0 Å². The zero-order chi connectivity index (χ0) is 25.6. The minimum Gasteiger partial charge on any atom is -0.352 e. The van der Waals surface area contributed by atoms with Gasteiger partial charge >= 0.3 is 0 Å². The van der Waals surface area contributed by atoms with E-state index in [4.69, 9.17) is 11.6 Å². The van der Waals surface area contributed by atoms with Crippen LogP contribution in [0.15, 0.2) is 46.9 Å². The number of carbonyl (C=O) groups is 2. The Morgan fingerprint density at radius 3 is 2.29 bits per heavy atom. The molecule has 0 fully saturated rings. The molecule has 34 heavy (non-hydrogen) atoms. The lowest BCUT2D eigenvalue weighted by Crippen LogP contribution is -2.52. The van der Waals surface area contributed by atoms with Crippen molar-refractivity contribution < 1.29 is 22.4 Å². The zero-order valence-electron chi connectivity index (χ0n) is 19.4. The van der Waals surface area contributed by atoms with Gasteiger partial charge in [-0.15, -0.1) is 0 Å². The molecule has 0 aliphatic heterocycles. The van der Waals surface area contributed by atoms with Crippen molar-refractivity contribution >= 4 is 55.1 Å². The van der Waals surface area contributed by atoms with Crippen molar-refractivity contribution in [3.05, 3.63) is 63.3 Å². The molecule has 0 saturated carbocycles. The molecule has 0 heterocycles. The van der Waals surface area contributed by atoms with Gasteiger partial charge in [-0.1, -0.05) is 46.6 Å². The van der Waals surface area contributed by atoms with Crippen LogP contribution in [0.25, 0.3) is 0 Å². The molecule has 0 unspecified atom stereocenters. The Balaban J connectivity index is 2.39. The fourth-order valence-corrected chi connectivity index (χ4v) is 4.37. The lowest BCUT2D eigenvalue weighted by atomic mass is 10.1. The second kappa shape index (κ2) is 12.0. The summed E-state index contributed by atoms with van der Waals surface area (Å²) in [5, 5.41) is 2.59. The summed E-state index contributed by atoms with van der Waals surface area (Å²) < 4.78 is 40.3. The van der Waals surface area contributed by atoms with E-state index in [0.717, 1.165) is 32.7 Å². The molecule has 2 aromatic rings. The van der Waals surface area contributed by atoms with Crippen LogP contribution in [-0.2, 0) is 26.2 Å². The minimum absolute atomic E-state index is 0.0440. The molecule has 2 aromatic carbocycles. The first-order valence-electron chi connectivity index (χ1n) is 10.6. The van der Waals surface area contributed by atoms with Crippen LogP contribution in [0.2, 0.25) is 5.02 Å². The molecule has 2 atom stereocenters. The number of hydrogen-bond acceptors (Lipinski definition) is 4. The highest BCUT2D eigenvalue weighted by Gasteiger charge is 2.30. The molecular weight excluding hydrogens is 549 g/mol. The van der Waals surface area contributed by atoms with Crippen molar-refractivity contribution in [3.63, 3.8) is 0 Å². The van der Waals surface area contributed by atoms with E-state index in [0.29, 0.717) is 6.42 Å². The van der Waals surface area contributed by atoms with Gasteiger partial charge in [-0.2, -0.15) is 0 Å². The van der Waals surface area contributed by atoms with E-state index in [2.05, 4.69) is 21.2 Å². The van der Waals surface area contributed by atoms with E-state index in [-0.39, 0.29) is 29.2 Å². The predicted octanol–water partition coefficient (Wildman–Crippen LogP) is 4.34. The Morgan fingerprint density at radius 1 is 1.15 bits per heavy atom. The predicted molar refractivity (Wildman–Crippen MR) is 136 cm³/mol. The number of anilines is 1. The Morgan fingerprint density at radius 2 is 1.76 bits per heavy atom. The van der Waals surface area contributed by atoms with Crippen molar-refractivity contribution in [2.75, 3.05) is 17.1 Å². The first-order chi connectivity index (χ1) is 15.8. The van der Waals surface area contributed by atoms with Gasteiger partial charge in [0.2, 0.25) is 21.8 Å². The molecule has 11 heteroatoms. The number of hydrogen-bond donors (Lipinski definition) is 1. The van der Waals surface area contributed by atoms with Crippen LogP contribution in [0.3, 0.4) is 0 Å². The second-order valence-electron chi connectivity index (χ2n) is 8.01. The average molecular weight is 577 g/mol. The first kappa shape index (κ1) is 28.1. The molecule has 0 radical (unpaired) electrons. The summed E-state index contributed by atoms with van der Waals surface area (Å²) in [6.45, 7) is 4.88. The SMILES string of the molecule is CC[C@@H](C)NC(=O)[C@H](C)N(Cc1ccc(Br)cc1)C(=O)CN(c1ccc(F)c(Cl)c1)S(C)(=O)=O. The molecule has 186 valence electrons. The summed E-state index contributed by atoms with van der Waals surface area (Å²) in [6, 6.07) is 9.67. The lowest BCUT2D eigenvalue weighted by Gasteiger charge is -2.32. The van der Waals surface area contributed by atoms with Gasteiger partial charge in [0.05, 0.1) is 17.0 Å². The maximum absolute atomic E-state index is 13.6. The quantitative estimate of drug-likeness (QED) is 0.456. The normalized spacial score (nSPS) is 13.1. The average Bonchev–Trinajstić information content (AvgIpc) is 2.77. The van der Waals surface area contributed by atoms with Crippen LogP contribution in [-0.4, -0.2) is 50.0 Å². The number of rotatable bonds is 10. The third-order valence-corrected chi connectivity index (χ3v) is 7.26. The molecule has 2 rings (SSSR count). The standard InChI is InChI=1S/C23H28BrClFN3O4S/c1-5-15(2)27-23(31)16(3)28(13-17-6-8-18(24)9-7-17)22(30)14-29(34(4,32)33)19-10-11-21(26)20(25)12-19/h6-12,15-16H,5,13-14H2,1-4H3,(H,27,31)/t15-,16+/m1/s1. The van der Waals surface area contributed by atoms with Gasteiger partial charge in [0, 0.05) is 17.1 Å². The van der Waals surface area contributed by atoms with Crippen LogP contribution in [0.4, 0.5) is 10.1 Å². The van der Waals surface area contributed by atoms with Crippen LogP contribution in [0, 0.1) is 5.82 Å². The van der Waals surface area contributed by atoms with E-state index >= 15 is 0 Å². The van der Waals surface area contributed by atoms with Gasteiger partial charge in [-0.3, -0.25) is 13.9 Å². The van der Waals surface area contributed by atoms with Crippen LogP contribution >= 0.6 is 27.5 Å². The second-order valence-corrected chi connectivity index (χ2v) is 11.2. The Labute approximate surface area is 213 Å². The molecule has 0 bridgehead atoms. The van der Waals surface area contributed by atoms with Crippen molar-refractivity contribution in [3.8, 4) is 0 Å². The molecule has 0 spiro atoms. The van der Waals surface area contributed by atoms with E-state index in [1.165, 1.54) is 11.0 Å². The maximum atomic E-state index is 13.6. The monoisotopic (exact) mass is 575 g/mol. The third kappa shape index (κ3) is 7.68. The number of halogens is 3. The van der Waals surface area contributed by atoms with Gasteiger partial charge in [0.1, 0.15) is 18.4 Å². The van der Waals surface area contributed by atoms with Gasteiger partial charge in [0.25, 0.3) is 0 Å². The number of nitrogens with zero attached hydrogens (tertiary/aromatic N) is 2. The van der Waals surface area contributed by atoms with Crippen LogP contribution in [0.5, 0.6) is 0 Å². The van der Waals surface area contributed by atoms with E-state index in [1.54, 1.807) is 19.1 Å². The van der Waals surface area contributed by atoms with E-state index < -0.39 is 34.3 Å². The number of amides is 2. The maximum Gasteiger partial charge on any atom is 0.244 e. The lowest BCUT2D eigenvalue weighted by molar-refractivity contribution is -0.139. The van der Waals surface area contributed by atoms with Gasteiger partial charge < -0.3 is 10.2 Å². The molecular formula is C23H28BrClFN3O4S. The highest BCUT2D eigenvalue weighted by molar-refractivity contribution is 9.10. The summed E-state index contributed by atoms with van der Waals surface area (Å²) >= 11 is 9.20. The summed E-state index contributed by atoms with van der Waals surface area (Å²) in [7, 11) is -3.93. The first-order valence-corrected chi connectivity index (χ1v) is 13.6. The molecule has 0 saturated heterocycles. The smallest absolute Gasteiger partial charge is 0.244 e. The van der Waals surface area contributed by atoms with Crippen LogP contribution < -0.4 is 9.62 Å². The summed E-state index contributed by atoms with van der Waals surface area (Å²) in [5.74, 6) is -1.66. The molecule has 0 aliphatic rings. The molecule has 0 aliphatic carbocycles. The molecule has 2 amide bonds. The highest BCUT2D eigenvalue weighted by atomic mass is 79.9. The van der Waals surface area contributed by atoms with Crippen molar-refractivity contribution in [1.82, 2.24) is 10.2 Å². The van der Waals surface area contributed by atoms with Gasteiger partial charge in [-0.25, -0.2) is 12.8 Å². The number of benzene rings is 2. The van der Waals surface area contributed by atoms with Crippen molar-refractivity contribution in [2.45, 2.75) is 45.8 Å². The molecule has 0 aromatic heterocycles. The fourth-order valence-electron chi connectivity index (χ4n) is 3.09. The molecule has 7 nitrogen and oxygen atoms in total. The Kier molecular flexibility index (Phi) is 9.90. The summed E-state index contributed by atoms with van der Waals surface area (Å²) in [5.41, 5.74) is 0.804. The third-order valence-electron chi connectivity index (χ3n) is 5.30. The van der Waals surface area contributed by atoms with Gasteiger partial charge in [-0.05, 0) is 56.2 Å². The number of sulfonamides is 1. The Bertz CT molecular complexity index is 1130. The highest BCUT2D eigenvalue weighted by Crippen LogP contribution is 2.25. The van der Waals surface area contributed by atoms with Crippen molar-refractivity contribution in [1.29, 1.82) is 0 Å². The fraction of sp³-hybridized carbons (Fsp3) is 0.391. The molecule has 1 N–H and O–H groups in total. The minimum atomic E-state index is -3.93. The topological polar surface area (TPSA) is 86.8 Å². The van der Waals surface area contributed by atoms with Crippen molar-refractivity contribution in [2.24, 2.45) is 0 Å². The van der Waals surface area contributed by atoms with E-state index in [9.17, 15) is 22.4 Å². The zero-order valence-corrected chi connectivity index (χ0v) is 22.5. The number of nitrogens with one attached hydrogen (secondary N) is 1. The summed E-state index contributed by atoms with van der Waals surface area (Å²) in [4.78, 5) is 27.6.